The topological polar surface area (TPSA) is 49.0 Å². The van der Waals surface area contributed by atoms with Crippen molar-refractivity contribution >= 4 is 10.9 Å². The van der Waals surface area contributed by atoms with Gasteiger partial charge in [0.2, 0.25) is 0 Å². The molecule has 0 saturated carbocycles. The molecule has 0 aliphatic carbocycles. The number of aliphatic hydroxyl groups excluding tert-OH is 1. The third-order valence-electron chi connectivity index (χ3n) is 3.53. The molecule has 1 N–H and O–H groups in total. The molecule has 3 aromatic rings. The smallest absolute Gasteiger partial charge is 0.128 e. The largest absolute Gasteiger partial charge is 0.392 e. The SMILES string of the molecule is N#Cc1ccc(F)c(Cn2ccc3cc(CO)ccc32)c1. The summed E-state index contributed by atoms with van der Waals surface area (Å²) in [5, 5.41) is 19.1. The Kier molecular flexibility index (Phi) is 3.43. The highest BCUT2D eigenvalue weighted by Gasteiger charge is 2.07. The Hall–Kier alpha value is -2.64. The van der Waals surface area contributed by atoms with Gasteiger partial charge in [-0.2, -0.15) is 5.26 Å². The Labute approximate surface area is 121 Å². The summed E-state index contributed by atoms with van der Waals surface area (Å²) >= 11 is 0. The highest BCUT2D eigenvalue weighted by atomic mass is 19.1. The molecule has 0 bridgehead atoms. The van der Waals surface area contributed by atoms with E-state index in [4.69, 9.17) is 10.4 Å². The Morgan fingerprint density at radius 1 is 1.14 bits per heavy atom. The minimum Gasteiger partial charge on any atom is -0.392 e. The van der Waals surface area contributed by atoms with Crippen LogP contribution in [-0.4, -0.2) is 9.67 Å². The van der Waals surface area contributed by atoms with Gasteiger partial charge in [0.15, 0.2) is 0 Å². The van der Waals surface area contributed by atoms with Crippen molar-refractivity contribution in [2.45, 2.75) is 13.2 Å². The molecule has 0 amide bonds. The molecule has 3 nitrogen and oxygen atoms in total. The molecule has 1 heterocycles. The van der Waals surface area contributed by atoms with Gasteiger partial charge < -0.3 is 9.67 Å². The standard InChI is InChI=1S/C17H13FN2O/c18-16-3-1-12(9-19)7-15(16)10-20-6-5-14-8-13(11-21)2-4-17(14)20/h1-8,21H,10-11H2. The van der Waals surface area contributed by atoms with Crippen molar-refractivity contribution < 1.29 is 9.50 Å². The second-order valence-corrected chi connectivity index (χ2v) is 4.91. The summed E-state index contributed by atoms with van der Waals surface area (Å²) < 4.78 is 15.8. The predicted octanol–water partition coefficient (Wildman–Crippen LogP) is 3.19. The molecule has 21 heavy (non-hydrogen) atoms. The fourth-order valence-corrected chi connectivity index (χ4v) is 2.43. The average molecular weight is 280 g/mol. The van der Waals surface area contributed by atoms with Crippen LogP contribution in [0.15, 0.2) is 48.7 Å². The van der Waals surface area contributed by atoms with E-state index in [-0.39, 0.29) is 12.4 Å². The van der Waals surface area contributed by atoms with Crippen molar-refractivity contribution in [2.24, 2.45) is 0 Å². The van der Waals surface area contributed by atoms with Crippen LogP contribution in [0.2, 0.25) is 0 Å². The number of aromatic nitrogens is 1. The van der Waals surface area contributed by atoms with Crippen LogP contribution in [0.4, 0.5) is 4.39 Å². The molecule has 0 spiro atoms. The normalized spacial score (nSPS) is 10.7. The van der Waals surface area contributed by atoms with E-state index in [1.54, 1.807) is 6.07 Å². The Bertz CT molecular complexity index is 846. The lowest BCUT2D eigenvalue weighted by molar-refractivity contribution is 0.282. The molecule has 0 saturated heterocycles. The molecule has 0 unspecified atom stereocenters. The number of hydrogen-bond donors (Lipinski definition) is 1. The fourth-order valence-electron chi connectivity index (χ4n) is 2.43. The molecule has 3 rings (SSSR count). The van der Waals surface area contributed by atoms with E-state index >= 15 is 0 Å². The van der Waals surface area contributed by atoms with E-state index in [0.29, 0.717) is 17.7 Å². The van der Waals surface area contributed by atoms with Gasteiger partial charge in [0, 0.05) is 17.3 Å². The first-order valence-corrected chi connectivity index (χ1v) is 6.58. The van der Waals surface area contributed by atoms with E-state index in [1.807, 2.05) is 41.1 Å². The summed E-state index contributed by atoms with van der Waals surface area (Å²) in [5.41, 5.74) is 2.75. The van der Waals surface area contributed by atoms with Gasteiger partial charge in [-0.25, -0.2) is 4.39 Å². The maximum atomic E-state index is 13.9. The number of rotatable bonds is 3. The van der Waals surface area contributed by atoms with Gasteiger partial charge in [0.05, 0.1) is 24.8 Å². The fraction of sp³-hybridized carbons (Fsp3) is 0.118. The molecule has 0 aliphatic heterocycles. The van der Waals surface area contributed by atoms with Gasteiger partial charge in [-0.05, 0) is 47.3 Å². The van der Waals surface area contributed by atoms with Crippen molar-refractivity contribution in [3.05, 3.63) is 71.2 Å². The predicted molar refractivity (Wildman–Crippen MR) is 78.1 cm³/mol. The van der Waals surface area contributed by atoms with Crippen molar-refractivity contribution in [3.8, 4) is 6.07 Å². The van der Waals surface area contributed by atoms with Gasteiger partial charge in [0.25, 0.3) is 0 Å². The average Bonchev–Trinajstić information content (AvgIpc) is 2.91. The zero-order valence-electron chi connectivity index (χ0n) is 11.3. The summed E-state index contributed by atoms with van der Waals surface area (Å²) in [6, 6.07) is 14.0. The number of hydrogen-bond acceptors (Lipinski definition) is 2. The first-order valence-electron chi connectivity index (χ1n) is 6.58. The highest BCUT2D eigenvalue weighted by Crippen LogP contribution is 2.20. The van der Waals surface area contributed by atoms with Crippen LogP contribution in [-0.2, 0) is 13.2 Å². The maximum absolute atomic E-state index is 13.9. The summed E-state index contributed by atoms with van der Waals surface area (Å²) in [5.74, 6) is -0.317. The second kappa shape index (κ2) is 5.39. The molecule has 0 fully saturated rings. The van der Waals surface area contributed by atoms with Gasteiger partial charge in [-0.15, -0.1) is 0 Å². The minimum atomic E-state index is -0.317. The molecule has 0 radical (unpaired) electrons. The van der Waals surface area contributed by atoms with Gasteiger partial charge in [0.1, 0.15) is 5.82 Å². The lowest BCUT2D eigenvalue weighted by Gasteiger charge is -2.08. The van der Waals surface area contributed by atoms with Crippen molar-refractivity contribution in [1.29, 1.82) is 5.26 Å². The van der Waals surface area contributed by atoms with Crippen molar-refractivity contribution in [1.82, 2.24) is 4.57 Å². The van der Waals surface area contributed by atoms with Gasteiger partial charge >= 0.3 is 0 Å². The van der Waals surface area contributed by atoms with Crippen LogP contribution in [0.3, 0.4) is 0 Å². The number of nitriles is 1. The monoisotopic (exact) mass is 280 g/mol. The van der Waals surface area contributed by atoms with Crippen molar-refractivity contribution in [3.63, 3.8) is 0 Å². The third-order valence-corrected chi connectivity index (χ3v) is 3.53. The van der Waals surface area contributed by atoms with Crippen LogP contribution in [0.25, 0.3) is 10.9 Å². The number of halogens is 1. The Morgan fingerprint density at radius 2 is 2.00 bits per heavy atom. The Morgan fingerprint density at radius 3 is 2.76 bits per heavy atom. The van der Waals surface area contributed by atoms with E-state index in [0.717, 1.165) is 16.5 Å². The third kappa shape index (κ3) is 2.51. The van der Waals surface area contributed by atoms with E-state index in [1.165, 1.54) is 12.1 Å². The van der Waals surface area contributed by atoms with Crippen LogP contribution in [0.5, 0.6) is 0 Å². The molecule has 4 heteroatoms. The summed E-state index contributed by atoms with van der Waals surface area (Å²) in [4.78, 5) is 0. The first kappa shape index (κ1) is 13.3. The van der Waals surface area contributed by atoms with Crippen molar-refractivity contribution in [2.75, 3.05) is 0 Å². The lowest BCUT2D eigenvalue weighted by atomic mass is 10.1. The highest BCUT2D eigenvalue weighted by molar-refractivity contribution is 5.81. The van der Waals surface area contributed by atoms with Gasteiger partial charge in [-0.3, -0.25) is 0 Å². The van der Waals surface area contributed by atoms with E-state index < -0.39 is 0 Å². The molecular weight excluding hydrogens is 267 g/mol. The van der Waals surface area contributed by atoms with Crippen LogP contribution < -0.4 is 0 Å². The number of aliphatic hydroxyl groups is 1. The zero-order valence-corrected chi connectivity index (χ0v) is 11.3. The molecule has 104 valence electrons. The molecule has 0 atom stereocenters. The first-order chi connectivity index (χ1) is 10.2. The molecule has 0 aliphatic rings. The molecule has 1 aromatic heterocycles. The van der Waals surface area contributed by atoms with E-state index in [2.05, 4.69) is 0 Å². The minimum absolute atomic E-state index is 0.0000369. The van der Waals surface area contributed by atoms with Crippen LogP contribution >= 0.6 is 0 Å². The summed E-state index contributed by atoms with van der Waals surface area (Å²) in [6.07, 6.45) is 1.88. The molecular formula is C17H13FN2O. The molecule has 2 aromatic carbocycles. The zero-order chi connectivity index (χ0) is 14.8. The quantitative estimate of drug-likeness (QED) is 0.801. The number of nitrogens with zero attached hydrogens (tertiary/aromatic N) is 2. The summed E-state index contributed by atoms with van der Waals surface area (Å²) in [7, 11) is 0. The van der Waals surface area contributed by atoms with Gasteiger partial charge in [-0.1, -0.05) is 6.07 Å². The van der Waals surface area contributed by atoms with Crippen LogP contribution in [0, 0.1) is 17.1 Å². The number of benzene rings is 2. The van der Waals surface area contributed by atoms with Crippen LogP contribution in [0.1, 0.15) is 16.7 Å². The second-order valence-electron chi connectivity index (χ2n) is 4.91. The Balaban J connectivity index is 2.01. The maximum Gasteiger partial charge on any atom is 0.128 e. The lowest BCUT2D eigenvalue weighted by Crippen LogP contribution is -2.01. The number of fused-ring (bicyclic) bond motifs is 1. The summed E-state index contributed by atoms with van der Waals surface area (Å²) in [6.45, 7) is 0.364. The van der Waals surface area contributed by atoms with E-state index in [9.17, 15) is 4.39 Å².